The van der Waals surface area contributed by atoms with Gasteiger partial charge in [-0.3, -0.25) is 4.79 Å². The van der Waals surface area contributed by atoms with Crippen molar-refractivity contribution >= 4 is 15.9 Å². The molecule has 0 spiro atoms. The van der Waals surface area contributed by atoms with Crippen LogP contribution in [0.5, 0.6) is 0 Å². The molecule has 4 nitrogen and oxygen atoms in total. The Bertz CT molecular complexity index is 405. The van der Waals surface area contributed by atoms with E-state index in [2.05, 4.69) is 6.92 Å². The van der Waals surface area contributed by atoms with E-state index >= 15 is 0 Å². The number of carbonyl (C=O) groups is 1. The molecule has 0 bridgehead atoms. The third-order valence-corrected chi connectivity index (χ3v) is 4.23. The van der Waals surface area contributed by atoms with Crippen molar-refractivity contribution in [3.8, 4) is 0 Å². The van der Waals surface area contributed by atoms with Crippen molar-refractivity contribution in [3.63, 3.8) is 0 Å². The van der Waals surface area contributed by atoms with E-state index in [1.54, 1.807) is 0 Å². The summed E-state index contributed by atoms with van der Waals surface area (Å²) in [6, 6.07) is 0. The molecule has 23 heavy (non-hydrogen) atoms. The molecule has 0 atom stereocenters. The molecule has 0 rings (SSSR count). The van der Waals surface area contributed by atoms with Crippen LogP contribution >= 0.6 is 0 Å². The van der Waals surface area contributed by atoms with Gasteiger partial charge in [0.1, 0.15) is 0 Å². The zero-order valence-electron chi connectivity index (χ0n) is 14.9. The van der Waals surface area contributed by atoms with Crippen LogP contribution in [-0.4, -0.2) is 24.5 Å². The van der Waals surface area contributed by atoms with Crippen LogP contribution in [0.15, 0.2) is 12.2 Å². The monoisotopic (exact) mass is 354 g/mol. The van der Waals surface area contributed by atoms with Crippen molar-refractivity contribution in [2.45, 2.75) is 84.0 Å². The summed E-state index contributed by atoms with van der Waals surface area (Å²) in [5, 5.41) is 0. The summed E-state index contributed by atoms with van der Waals surface area (Å²) in [6.07, 6.45) is 16.3. The largest absolute Gasteiger partial charge is 1.00 e. The minimum absolute atomic E-state index is 0. The van der Waals surface area contributed by atoms with E-state index in [1.165, 1.54) is 57.4 Å². The molecule has 0 heterocycles. The second-order valence-corrected chi connectivity index (χ2v) is 7.33. The summed E-state index contributed by atoms with van der Waals surface area (Å²) >= 11 is 0. The van der Waals surface area contributed by atoms with E-state index in [4.69, 9.17) is 0 Å². The van der Waals surface area contributed by atoms with Gasteiger partial charge in [0.05, 0.1) is 15.9 Å². The average Bonchev–Trinajstić information content (AvgIpc) is 2.43. The molecule has 0 aliphatic carbocycles. The standard InChI is InChI=1S/C17H32O4S.Na/c1-2-3-4-5-6-7-8-9-10-11-12-14-17(18)15-13-16-22(19,20)21;/h13,15H,2-12,14,16H2,1H3,(H,19,20,21);/q;+1/p-1. The molecule has 0 aromatic heterocycles. The van der Waals surface area contributed by atoms with Gasteiger partial charge in [-0.05, 0) is 12.5 Å². The molecular formula is C17H31NaO4S. The topological polar surface area (TPSA) is 74.3 Å². The van der Waals surface area contributed by atoms with Gasteiger partial charge in [0.25, 0.3) is 0 Å². The Kier molecular flexibility index (Phi) is 19.1. The van der Waals surface area contributed by atoms with Crippen LogP contribution in [0.4, 0.5) is 0 Å². The third kappa shape index (κ3) is 22.3. The van der Waals surface area contributed by atoms with Crippen LogP contribution < -0.4 is 29.6 Å². The van der Waals surface area contributed by atoms with Crippen LogP contribution in [0, 0.1) is 0 Å². The molecule has 0 radical (unpaired) electrons. The smallest absolute Gasteiger partial charge is 0.748 e. The average molecular weight is 354 g/mol. The number of carbonyl (C=O) groups excluding carboxylic acids is 1. The maximum atomic E-state index is 11.4. The van der Waals surface area contributed by atoms with Gasteiger partial charge in [0.2, 0.25) is 0 Å². The quantitative estimate of drug-likeness (QED) is 0.193. The first-order valence-corrected chi connectivity index (χ1v) is 10.2. The van der Waals surface area contributed by atoms with Gasteiger partial charge >= 0.3 is 29.6 Å². The predicted molar refractivity (Wildman–Crippen MR) is 89.8 cm³/mol. The van der Waals surface area contributed by atoms with Crippen molar-refractivity contribution < 1.29 is 47.3 Å². The molecule has 0 N–H and O–H groups in total. The fourth-order valence-corrected chi connectivity index (χ4v) is 2.68. The number of rotatable bonds is 15. The molecular weight excluding hydrogens is 323 g/mol. The fourth-order valence-electron chi connectivity index (χ4n) is 2.34. The first-order valence-electron chi connectivity index (χ1n) is 8.58. The van der Waals surface area contributed by atoms with Crippen LogP contribution in [0.25, 0.3) is 0 Å². The van der Waals surface area contributed by atoms with E-state index in [9.17, 15) is 17.8 Å². The normalized spacial score (nSPS) is 11.6. The molecule has 0 unspecified atom stereocenters. The minimum atomic E-state index is -4.25. The Labute approximate surface area is 164 Å². The number of unbranched alkanes of at least 4 members (excludes halogenated alkanes) is 10. The number of allylic oxidation sites excluding steroid dienone is 1. The van der Waals surface area contributed by atoms with E-state index in [-0.39, 0.29) is 35.3 Å². The molecule has 130 valence electrons. The minimum Gasteiger partial charge on any atom is -0.748 e. The van der Waals surface area contributed by atoms with Crippen molar-refractivity contribution in [3.05, 3.63) is 12.2 Å². The molecule has 0 aromatic rings. The van der Waals surface area contributed by atoms with Crippen molar-refractivity contribution in [2.75, 3.05) is 5.75 Å². The van der Waals surface area contributed by atoms with Gasteiger partial charge in [-0.15, -0.1) is 0 Å². The molecule has 0 aliphatic heterocycles. The number of hydrogen-bond donors (Lipinski definition) is 0. The van der Waals surface area contributed by atoms with Crippen molar-refractivity contribution in [2.24, 2.45) is 0 Å². The summed E-state index contributed by atoms with van der Waals surface area (Å²) < 4.78 is 31.1. The Hall–Kier alpha value is 0.320. The van der Waals surface area contributed by atoms with Crippen molar-refractivity contribution in [1.29, 1.82) is 0 Å². The van der Waals surface area contributed by atoms with E-state index in [0.29, 0.717) is 6.42 Å². The van der Waals surface area contributed by atoms with Crippen LogP contribution in [0.2, 0.25) is 0 Å². The Morgan fingerprint density at radius 1 is 0.870 bits per heavy atom. The van der Waals surface area contributed by atoms with Crippen molar-refractivity contribution in [1.82, 2.24) is 0 Å². The predicted octanol–water partition coefficient (Wildman–Crippen LogP) is 1.36. The summed E-state index contributed by atoms with van der Waals surface area (Å²) in [6.45, 7) is 2.23. The molecule has 0 amide bonds. The second-order valence-electron chi connectivity index (χ2n) is 5.88. The SMILES string of the molecule is CCCCCCCCCCCCCC(=O)C=CCS(=O)(=O)[O-].[Na+]. The van der Waals surface area contributed by atoms with Gasteiger partial charge < -0.3 is 4.55 Å². The van der Waals surface area contributed by atoms with Crippen LogP contribution in [-0.2, 0) is 14.9 Å². The molecule has 0 saturated heterocycles. The Balaban J connectivity index is 0. The maximum absolute atomic E-state index is 11.4. The summed E-state index contributed by atoms with van der Waals surface area (Å²) in [5.74, 6) is -0.698. The zero-order valence-corrected chi connectivity index (χ0v) is 17.7. The summed E-state index contributed by atoms with van der Waals surface area (Å²) in [5.41, 5.74) is 0. The summed E-state index contributed by atoms with van der Waals surface area (Å²) in [4.78, 5) is 11.4. The summed E-state index contributed by atoms with van der Waals surface area (Å²) in [7, 11) is -4.25. The van der Waals surface area contributed by atoms with Gasteiger partial charge in [-0.1, -0.05) is 77.2 Å². The Morgan fingerprint density at radius 2 is 1.30 bits per heavy atom. The van der Waals surface area contributed by atoms with E-state index in [0.717, 1.165) is 25.3 Å². The maximum Gasteiger partial charge on any atom is 1.00 e. The molecule has 0 aliphatic rings. The Morgan fingerprint density at radius 3 is 1.74 bits per heavy atom. The van der Waals surface area contributed by atoms with Gasteiger partial charge in [0, 0.05) is 6.42 Å². The zero-order chi connectivity index (χ0) is 16.7. The van der Waals surface area contributed by atoms with Gasteiger partial charge in [-0.25, -0.2) is 8.42 Å². The first kappa shape index (κ1) is 25.6. The van der Waals surface area contributed by atoms with Gasteiger partial charge in [-0.2, -0.15) is 0 Å². The van der Waals surface area contributed by atoms with Gasteiger partial charge in [0.15, 0.2) is 5.78 Å². The first-order chi connectivity index (χ1) is 10.5. The van der Waals surface area contributed by atoms with Crippen LogP contribution in [0.1, 0.15) is 84.0 Å². The number of ketones is 1. The molecule has 0 saturated carbocycles. The molecule has 6 heteroatoms. The number of hydrogen-bond acceptors (Lipinski definition) is 4. The van der Waals surface area contributed by atoms with E-state index < -0.39 is 15.9 Å². The fraction of sp³-hybridized carbons (Fsp3) is 0.824. The molecule has 0 aromatic carbocycles. The molecule has 0 fully saturated rings. The van der Waals surface area contributed by atoms with Crippen LogP contribution in [0.3, 0.4) is 0 Å². The van der Waals surface area contributed by atoms with E-state index in [1.807, 2.05) is 0 Å². The third-order valence-electron chi connectivity index (χ3n) is 3.63. The second kappa shape index (κ2) is 17.2.